The van der Waals surface area contributed by atoms with Gasteiger partial charge in [0.2, 0.25) is 0 Å². The SMILES string of the molecule is C=C1C[C@@H]2CC[C@@]34C[C@@H]5O[C@H]6[C@@H](O3)[C@H]3O[C@H](CC[C@@H]3O[C@H]6[C@@H]5O4)CC(=O)C[C@@H]3[C@@H](OC)[C@@H](CC(O)CCCCCCCC)O[C@H]3C[C@H]3O[C@@H](CC[C@@H]1O2)C[C@@H](C)C3=C. The minimum atomic E-state index is -0.775. The summed E-state index contributed by atoms with van der Waals surface area (Å²) in [6.07, 6.45) is 13.6. The smallest absolute Gasteiger partial charge is 0.172 e. The highest BCUT2D eigenvalue weighted by molar-refractivity contribution is 5.79. The number of carbonyl (C=O) groups excluding carboxylic acids is 1. The maximum atomic E-state index is 14.3. The van der Waals surface area contributed by atoms with Gasteiger partial charge in [-0.05, 0) is 68.4 Å². The van der Waals surface area contributed by atoms with Gasteiger partial charge in [-0.1, -0.05) is 65.5 Å². The van der Waals surface area contributed by atoms with Crippen LogP contribution in [-0.4, -0.2) is 121 Å². The third kappa shape index (κ3) is 8.58. The van der Waals surface area contributed by atoms with E-state index in [4.69, 9.17) is 42.6 Å². The Bertz CT molecular complexity index is 1470. The number of hydrogen-bond donors (Lipinski definition) is 1. The molecule has 10 aliphatic rings. The molecule has 0 aromatic heterocycles. The molecule has 19 atom stereocenters. The number of hydrogen-bond acceptors (Lipinski definition) is 11. The van der Waals surface area contributed by atoms with E-state index < -0.39 is 11.9 Å². The Hall–Kier alpha value is -1.25. The van der Waals surface area contributed by atoms with Crippen molar-refractivity contribution in [2.45, 2.75) is 246 Å². The standard InChI is InChI=1S/C47H72O11/c1-6-7-8-9-10-11-12-29(48)23-39-41(50-5)34-22-30(49)21-32-14-16-36-42(53-32)46-45-44(55-36)43-40(56-45)25-47(57-43,58-46)18-17-33-20-27(3)35(51-33)15-13-31-19-26(2)28(4)37(52-31)24-38(34)54-39/h26,29,31-46,48H,3-4,6-25H2,1-2,5H3/t26-,29?,31+,32-,33+,34+,35+,36+,37-,38+,39-,40+,41-,42+,43-,44+,45-,46+,47+/m1/s1. The zero-order valence-corrected chi connectivity index (χ0v) is 35.5. The molecule has 0 saturated carbocycles. The summed E-state index contributed by atoms with van der Waals surface area (Å²) in [6, 6.07) is 0. The highest BCUT2D eigenvalue weighted by Crippen LogP contribution is 2.54. The maximum Gasteiger partial charge on any atom is 0.172 e. The maximum absolute atomic E-state index is 14.3. The lowest BCUT2D eigenvalue weighted by Crippen LogP contribution is -2.61. The van der Waals surface area contributed by atoms with Crippen LogP contribution in [0.5, 0.6) is 0 Å². The molecule has 10 heterocycles. The first-order valence-electron chi connectivity index (χ1n) is 23.5. The van der Waals surface area contributed by atoms with Gasteiger partial charge < -0.3 is 47.7 Å². The van der Waals surface area contributed by atoms with Gasteiger partial charge in [0.05, 0.1) is 67.1 Å². The van der Waals surface area contributed by atoms with Gasteiger partial charge in [-0.15, -0.1) is 0 Å². The average Bonchev–Trinajstić information content (AvgIpc) is 3.87. The second-order valence-corrected chi connectivity index (χ2v) is 19.7. The van der Waals surface area contributed by atoms with Crippen molar-refractivity contribution in [3.8, 4) is 0 Å². The van der Waals surface area contributed by atoms with Crippen molar-refractivity contribution in [2.75, 3.05) is 7.11 Å². The predicted molar refractivity (Wildman–Crippen MR) is 215 cm³/mol. The van der Waals surface area contributed by atoms with Crippen LogP contribution in [0.4, 0.5) is 0 Å². The largest absolute Gasteiger partial charge is 0.393 e. The van der Waals surface area contributed by atoms with E-state index in [1.165, 1.54) is 25.7 Å². The highest BCUT2D eigenvalue weighted by atomic mass is 16.8. The average molecular weight is 813 g/mol. The van der Waals surface area contributed by atoms with Gasteiger partial charge >= 0.3 is 0 Å². The van der Waals surface area contributed by atoms with Crippen LogP contribution in [0.3, 0.4) is 0 Å². The molecule has 11 nitrogen and oxygen atoms in total. The van der Waals surface area contributed by atoms with Crippen molar-refractivity contribution >= 4 is 5.78 Å². The normalized spacial score (nSPS) is 48.2. The quantitative estimate of drug-likeness (QED) is 0.178. The van der Waals surface area contributed by atoms with Crippen molar-refractivity contribution in [1.29, 1.82) is 0 Å². The molecular formula is C47H72O11. The van der Waals surface area contributed by atoms with Crippen LogP contribution >= 0.6 is 0 Å². The molecule has 10 saturated heterocycles. The Morgan fingerprint density at radius 3 is 2.33 bits per heavy atom. The van der Waals surface area contributed by atoms with Crippen LogP contribution in [0, 0.1) is 11.8 Å². The van der Waals surface area contributed by atoms with Crippen molar-refractivity contribution in [1.82, 2.24) is 0 Å². The van der Waals surface area contributed by atoms with Gasteiger partial charge in [-0.25, -0.2) is 0 Å². The Labute approximate surface area is 346 Å². The zero-order valence-electron chi connectivity index (χ0n) is 35.5. The van der Waals surface area contributed by atoms with Crippen LogP contribution in [0.15, 0.2) is 24.3 Å². The van der Waals surface area contributed by atoms with Crippen molar-refractivity contribution in [2.24, 2.45) is 11.8 Å². The zero-order chi connectivity index (χ0) is 40.1. The van der Waals surface area contributed by atoms with Crippen molar-refractivity contribution < 1.29 is 52.5 Å². The summed E-state index contributed by atoms with van der Waals surface area (Å²) in [7, 11) is 1.72. The van der Waals surface area contributed by atoms with Crippen LogP contribution < -0.4 is 0 Å². The Morgan fingerprint density at radius 2 is 1.48 bits per heavy atom. The summed E-state index contributed by atoms with van der Waals surface area (Å²) in [6.45, 7) is 13.5. The fourth-order valence-electron chi connectivity index (χ4n) is 12.5. The molecule has 326 valence electrons. The molecule has 11 heteroatoms. The van der Waals surface area contributed by atoms with E-state index in [1.807, 2.05) is 0 Å². The van der Waals surface area contributed by atoms with Gasteiger partial charge in [0.15, 0.2) is 5.79 Å². The second-order valence-electron chi connectivity index (χ2n) is 19.7. The molecule has 10 fully saturated rings. The number of carbonyl (C=O) groups is 1. The fraction of sp³-hybridized carbons (Fsp3) is 0.894. The van der Waals surface area contributed by atoms with Gasteiger partial charge in [-0.2, -0.15) is 0 Å². The van der Waals surface area contributed by atoms with Crippen LogP contribution in [0.1, 0.15) is 142 Å². The minimum absolute atomic E-state index is 0.00762. The first-order chi connectivity index (χ1) is 28.1. The van der Waals surface area contributed by atoms with E-state index in [1.54, 1.807) is 7.11 Å². The molecule has 10 rings (SSSR count). The number of fused-ring (bicyclic) bond motifs is 6. The third-order valence-electron chi connectivity index (χ3n) is 15.6. The van der Waals surface area contributed by atoms with Gasteiger partial charge in [-0.3, -0.25) is 4.79 Å². The number of Topliss-reactive ketones (excluding diaryl/α,β-unsaturated/α-hetero) is 1. The van der Waals surface area contributed by atoms with Crippen LogP contribution in [0.25, 0.3) is 0 Å². The molecule has 0 aromatic carbocycles. The summed E-state index contributed by atoms with van der Waals surface area (Å²) >= 11 is 0. The molecule has 1 unspecified atom stereocenters. The lowest BCUT2D eigenvalue weighted by molar-refractivity contribution is -0.292. The van der Waals surface area contributed by atoms with Crippen molar-refractivity contribution in [3.63, 3.8) is 0 Å². The summed E-state index contributed by atoms with van der Waals surface area (Å²) in [5, 5.41) is 11.3. The number of aliphatic hydroxyl groups is 1. The first-order valence-corrected chi connectivity index (χ1v) is 23.5. The molecule has 0 amide bonds. The van der Waals surface area contributed by atoms with E-state index in [2.05, 4.69) is 27.0 Å². The molecule has 58 heavy (non-hydrogen) atoms. The van der Waals surface area contributed by atoms with E-state index in [0.717, 1.165) is 75.4 Å². The number of methoxy groups -OCH3 is 1. The number of rotatable bonds is 10. The second kappa shape index (κ2) is 17.9. The third-order valence-corrected chi connectivity index (χ3v) is 15.6. The lowest BCUT2D eigenvalue weighted by Gasteiger charge is -2.47. The monoisotopic (exact) mass is 813 g/mol. The number of unbranched alkanes of at least 4 members (excludes halogenated alkanes) is 5. The summed E-state index contributed by atoms with van der Waals surface area (Å²) in [4.78, 5) is 14.3. The van der Waals surface area contributed by atoms with Gasteiger partial charge in [0.1, 0.15) is 36.3 Å². The molecule has 1 spiro atoms. The Balaban J connectivity index is 0.945. The molecular weight excluding hydrogens is 741 g/mol. The predicted octanol–water partition coefficient (Wildman–Crippen LogP) is 7.23. The van der Waals surface area contributed by atoms with E-state index >= 15 is 0 Å². The van der Waals surface area contributed by atoms with Crippen molar-refractivity contribution in [3.05, 3.63) is 24.3 Å². The summed E-state index contributed by atoms with van der Waals surface area (Å²) in [5.41, 5.74) is 2.24. The van der Waals surface area contributed by atoms with E-state index in [-0.39, 0.29) is 103 Å². The lowest BCUT2D eigenvalue weighted by atomic mass is 9.81. The van der Waals surface area contributed by atoms with E-state index in [0.29, 0.717) is 44.4 Å². The number of aliphatic hydroxyl groups excluding tert-OH is 1. The molecule has 0 aliphatic carbocycles. The molecule has 12 bridgehead atoms. The molecule has 10 aliphatic heterocycles. The highest BCUT2D eigenvalue weighted by Gasteiger charge is 2.68. The fourth-order valence-corrected chi connectivity index (χ4v) is 12.5. The first kappa shape index (κ1) is 42.1. The van der Waals surface area contributed by atoms with Crippen LogP contribution in [-0.2, 0) is 47.4 Å². The summed E-state index contributed by atoms with van der Waals surface area (Å²) < 4.78 is 60.8. The minimum Gasteiger partial charge on any atom is -0.393 e. The molecule has 0 aromatic rings. The summed E-state index contributed by atoms with van der Waals surface area (Å²) in [5.74, 6) is -0.527. The number of ether oxygens (including phenoxy) is 9. The molecule has 0 radical (unpaired) electrons. The Morgan fingerprint density at radius 1 is 0.741 bits per heavy atom. The topological polar surface area (TPSA) is 120 Å². The Kier molecular flexibility index (Phi) is 12.9. The number of ketones is 1. The molecule has 1 N–H and O–H groups in total. The van der Waals surface area contributed by atoms with Gasteiger partial charge in [0.25, 0.3) is 0 Å². The van der Waals surface area contributed by atoms with Gasteiger partial charge in [0, 0.05) is 51.6 Å². The van der Waals surface area contributed by atoms with E-state index in [9.17, 15) is 9.90 Å². The van der Waals surface area contributed by atoms with Crippen LogP contribution in [0.2, 0.25) is 0 Å².